The number of carboxylic acids is 1. The molecule has 1 aromatic rings. The molecule has 2 heterocycles. The van der Waals surface area contributed by atoms with E-state index in [1.165, 1.54) is 4.68 Å². The van der Waals surface area contributed by atoms with Gasteiger partial charge in [0.05, 0.1) is 18.9 Å². The Kier molecular flexibility index (Phi) is 3.61. The molecule has 98 valence electrons. The molecule has 0 aliphatic carbocycles. The molecule has 1 aliphatic rings. The highest BCUT2D eigenvalue weighted by atomic mass is 16.5. The molecule has 7 nitrogen and oxygen atoms in total. The van der Waals surface area contributed by atoms with Crippen LogP contribution in [0.3, 0.4) is 0 Å². The summed E-state index contributed by atoms with van der Waals surface area (Å²) < 4.78 is 6.41. The number of carbonyl (C=O) groups excluding carboxylic acids is 1. The summed E-state index contributed by atoms with van der Waals surface area (Å²) in [6, 6.07) is 1.61. The van der Waals surface area contributed by atoms with Crippen molar-refractivity contribution in [2.45, 2.75) is 13.5 Å². The third kappa shape index (κ3) is 2.67. The average Bonchev–Trinajstić information content (AvgIpc) is 2.69. The predicted octanol–water partition coefficient (Wildman–Crippen LogP) is -0.251. The second-order valence-corrected chi connectivity index (χ2v) is 4.13. The van der Waals surface area contributed by atoms with Crippen LogP contribution in [0.15, 0.2) is 6.07 Å². The number of hydrogen-bond acceptors (Lipinski definition) is 4. The molecular formula is C11H15N3O4. The normalized spacial score (nSPS) is 15.7. The molecule has 0 aromatic carbocycles. The summed E-state index contributed by atoms with van der Waals surface area (Å²) in [5.74, 6) is -1.21. The molecule has 0 radical (unpaired) electrons. The van der Waals surface area contributed by atoms with E-state index in [0.29, 0.717) is 37.7 Å². The highest BCUT2D eigenvalue weighted by molar-refractivity contribution is 5.93. The Morgan fingerprint density at radius 2 is 2.11 bits per heavy atom. The average molecular weight is 253 g/mol. The van der Waals surface area contributed by atoms with Crippen molar-refractivity contribution < 1.29 is 19.4 Å². The molecule has 0 spiro atoms. The number of ether oxygens (including phenoxy) is 1. The van der Waals surface area contributed by atoms with E-state index in [1.54, 1.807) is 17.9 Å². The number of amides is 1. The minimum atomic E-state index is -1.02. The van der Waals surface area contributed by atoms with Gasteiger partial charge in [-0.25, -0.2) is 4.68 Å². The summed E-state index contributed by atoms with van der Waals surface area (Å²) in [5, 5.41) is 12.8. The summed E-state index contributed by atoms with van der Waals surface area (Å²) in [4.78, 5) is 24.6. The molecule has 7 heteroatoms. The van der Waals surface area contributed by atoms with Crippen LogP contribution in [0.5, 0.6) is 0 Å². The van der Waals surface area contributed by atoms with E-state index in [-0.39, 0.29) is 12.5 Å². The molecule has 1 aromatic heterocycles. The van der Waals surface area contributed by atoms with Gasteiger partial charge in [-0.05, 0) is 13.0 Å². The van der Waals surface area contributed by atoms with Crippen LogP contribution in [-0.4, -0.2) is 58.0 Å². The zero-order valence-corrected chi connectivity index (χ0v) is 10.1. The van der Waals surface area contributed by atoms with Gasteiger partial charge in [0.15, 0.2) is 0 Å². The molecule has 1 aliphatic heterocycles. The van der Waals surface area contributed by atoms with E-state index in [2.05, 4.69) is 5.10 Å². The van der Waals surface area contributed by atoms with E-state index in [9.17, 15) is 9.59 Å². The minimum absolute atomic E-state index is 0.194. The first-order valence-corrected chi connectivity index (χ1v) is 5.71. The molecule has 0 bridgehead atoms. The quantitative estimate of drug-likeness (QED) is 0.802. The molecule has 1 saturated heterocycles. The zero-order chi connectivity index (χ0) is 13.1. The van der Waals surface area contributed by atoms with Gasteiger partial charge in [0, 0.05) is 13.1 Å². The lowest BCUT2D eigenvalue weighted by atomic mass is 10.3. The highest BCUT2D eigenvalue weighted by Crippen LogP contribution is 2.09. The number of aromatic nitrogens is 2. The van der Waals surface area contributed by atoms with Crippen molar-refractivity contribution in [3.8, 4) is 0 Å². The third-order valence-corrected chi connectivity index (χ3v) is 2.70. The van der Waals surface area contributed by atoms with Crippen LogP contribution in [0.25, 0.3) is 0 Å². The molecule has 1 amide bonds. The molecule has 1 fully saturated rings. The van der Waals surface area contributed by atoms with E-state index in [1.807, 2.05) is 0 Å². The molecule has 0 unspecified atom stereocenters. The fraction of sp³-hybridized carbons (Fsp3) is 0.545. The topological polar surface area (TPSA) is 84.7 Å². The summed E-state index contributed by atoms with van der Waals surface area (Å²) in [7, 11) is 0. The van der Waals surface area contributed by atoms with Crippen LogP contribution in [0, 0.1) is 6.92 Å². The van der Waals surface area contributed by atoms with Crippen LogP contribution in [0.4, 0.5) is 0 Å². The van der Waals surface area contributed by atoms with Gasteiger partial charge in [-0.2, -0.15) is 5.10 Å². The Morgan fingerprint density at radius 1 is 1.44 bits per heavy atom. The predicted molar refractivity (Wildman–Crippen MR) is 61.3 cm³/mol. The first kappa shape index (κ1) is 12.6. The summed E-state index contributed by atoms with van der Waals surface area (Å²) >= 11 is 0. The van der Waals surface area contributed by atoms with Crippen LogP contribution >= 0.6 is 0 Å². The number of hydrogen-bond donors (Lipinski definition) is 1. The van der Waals surface area contributed by atoms with Gasteiger partial charge in [0.2, 0.25) is 0 Å². The lowest BCUT2D eigenvalue weighted by Gasteiger charge is -2.26. The molecule has 0 saturated carbocycles. The number of carbonyl (C=O) groups is 2. The molecule has 2 rings (SSSR count). The fourth-order valence-corrected chi connectivity index (χ4v) is 1.89. The van der Waals surface area contributed by atoms with Crippen LogP contribution in [0.2, 0.25) is 0 Å². The first-order valence-electron chi connectivity index (χ1n) is 5.71. The van der Waals surface area contributed by atoms with E-state index >= 15 is 0 Å². The van der Waals surface area contributed by atoms with Gasteiger partial charge in [-0.1, -0.05) is 0 Å². The SMILES string of the molecule is Cc1cc(C(=O)N2CCOCC2)n(CC(=O)O)n1. The third-order valence-electron chi connectivity index (χ3n) is 2.70. The first-order chi connectivity index (χ1) is 8.58. The van der Waals surface area contributed by atoms with E-state index in [4.69, 9.17) is 9.84 Å². The Hall–Kier alpha value is -1.89. The Labute approximate surface area is 104 Å². The standard InChI is InChI=1S/C11H15N3O4/c1-8-6-9(14(12-8)7-10(15)16)11(17)13-2-4-18-5-3-13/h6H,2-5,7H2,1H3,(H,15,16). The summed E-state index contributed by atoms with van der Waals surface area (Å²) in [6.07, 6.45) is 0. The van der Waals surface area contributed by atoms with Crippen LogP contribution in [-0.2, 0) is 16.1 Å². The van der Waals surface area contributed by atoms with E-state index in [0.717, 1.165) is 0 Å². The molecule has 1 N–H and O–H groups in total. The van der Waals surface area contributed by atoms with Gasteiger partial charge < -0.3 is 14.7 Å². The highest BCUT2D eigenvalue weighted by Gasteiger charge is 2.23. The summed E-state index contributed by atoms with van der Waals surface area (Å²) in [6.45, 7) is 3.50. The number of carboxylic acid groups (broad SMARTS) is 1. The van der Waals surface area contributed by atoms with Gasteiger partial charge in [0.25, 0.3) is 5.91 Å². The Balaban J connectivity index is 2.20. The molecule has 0 atom stereocenters. The van der Waals surface area contributed by atoms with E-state index < -0.39 is 5.97 Å². The van der Waals surface area contributed by atoms with Gasteiger partial charge >= 0.3 is 5.97 Å². The second kappa shape index (κ2) is 5.18. The zero-order valence-electron chi connectivity index (χ0n) is 10.1. The Morgan fingerprint density at radius 3 is 2.72 bits per heavy atom. The van der Waals surface area contributed by atoms with Crippen molar-refractivity contribution in [1.29, 1.82) is 0 Å². The fourth-order valence-electron chi connectivity index (χ4n) is 1.89. The van der Waals surface area contributed by atoms with Crippen molar-refractivity contribution in [3.05, 3.63) is 17.5 Å². The van der Waals surface area contributed by atoms with Crippen molar-refractivity contribution in [2.24, 2.45) is 0 Å². The monoisotopic (exact) mass is 253 g/mol. The van der Waals surface area contributed by atoms with Gasteiger partial charge in [-0.3, -0.25) is 9.59 Å². The van der Waals surface area contributed by atoms with Crippen molar-refractivity contribution >= 4 is 11.9 Å². The minimum Gasteiger partial charge on any atom is -0.480 e. The van der Waals surface area contributed by atoms with Gasteiger partial charge in [0.1, 0.15) is 12.2 Å². The number of aryl methyl sites for hydroxylation is 1. The van der Waals surface area contributed by atoms with Crippen molar-refractivity contribution in [3.63, 3.8) is 0 Å². The smallest absolute Gasteiger partial charge is 0.325 e. The number of nitrogens with zero attached hydrogens (tertiary/aromatic N) is 3. The largest absolute Gasteiger partial charge is 0.480 e. The van der Waals surface area contributed by atoms with Gasteiger partial charge in [-0.15, -0.1) is 0 Å². The van der Waals surface area contributed by atoms with Crippen LogP contribution in [0.1, 0.15) is 16.2 Å². The molecular weight excluding hydrogens is 238 g/mol. The lowest BCUT2D eigenvalue weighted by Crippen LogP contribution is -2.41. The van der Waals surface area contributed by atoms with Crippen molar-refractivity contribution in [2.75, 3.05) is 26.3 Å². The maximum absolute atomic E-state index is 12.2. The number of aliphatic carboxylic acids is 1. The maximum Gasteiger partial charge on any atom is 0.325 e. The van der Waals surface area contributed by atoms with Crippen molar-refractivity contribution in [1.82, 2.24) is 14.7 Å². The van der Waals surface area contributed by atoms with Crippen LogP contribution < -0.4 is 0 Å². The number of morpholine rings is 1. The Bertz CT molecular complexity index is 463. The molecule has 18 heavy (non-hydrogen) atoms. The number of rotatable bonds is 3. The maximum atomic E-state index is 12.2. The second-order valence-electron chi connectivity index (χ2n) is 4.13. The summed E-state index contributed by atoms with van der Waals surface area (Å²) in [5.41, 5.74) is 0.949. The lowest BCUT2D eigenvalue weighted by molar-refractivity contribution is -0.137.